The van der Waals surface area contributed by atoms with E-state index in [4.69, 9.17) is 0 Å². The first-order chi connectivity index (χ1) is 40.2. The number of rotatable bonds is 2. The normalized spacial score (nSPS) is 17.6. The Bertz CT molecular complexity index is 5110. The van der Waals surface area contributed by atoms with Crippen LogP contribution in [0.5, 0.6) is 0 Å². The molecule has 84 heavy (non-hydrogen) atoms. The molecule has 0 fully saturated rings. The Morgan fingerprint density at radius 1 is 0.167 bits per heavy atom. The lowest BCUT2D eigenvalue weighted by molar-refractivity contribution is 0.652. The molecule has 12 aromatic rings. The van der Waals surface area contributed by atoms with E-state index in [1.54, 1.807) is 0 Å². The van der Waals surface area contributed by atoms with Crippen molar-refractivity contribution < 1.29 is 0 Å². The van der Waals surface area contributed by atoms with Crippen molar-refractivity contribution >= 4 is 32.3 Å². The summed E-state index contributed by atoms with van der Waals surface area (Å²) in [5, 5.41) is 7.98. The molecule has 18 rings (SSSR count). The highest BCUT2D eigenvalue weighted by Gasteiger charge is 2.47. The maximum Gasteiger partial charge on any atom is 0.0159 e. The van der Waals surface area contributed by atoms with E-state index in [9.17, 15) is 0 Å². The van der Waals surface area contributed by atoms with Crippen LogP contribution in [0.25, 0.3) is 121 Å². The van der Waals surface area contributed by atoms with Crippen LogP contribution >= 0.6 is 0 Å². The number of benzene rings is 12. The number of fused-ring (bicyclic) bond motifs is 24. The fourth-order valence-corrected chi connectivity index (χ4v) is 18.2. The van der Waals surface area contributed by atoms with E-state index in [0.29, 0.717) is 0 Å². The van der Waals surface area contributed by atoms with E-state index < -0.39 is 0 Å². The van der Waals surface area contributed by atoms with Crippen molar-refractivity contribution in [2.45, 2.75) is 116 Å². The summed E-state index contributed by atoms with van der Waals surface area (Å²) in [6.07, 6.45) is 0. The van der Waals surface area contributed by atoms with E-state index >= 15 is 0 Å². The summed E-state index contributed by atoms with van der Waals surface area (Å²) in [7, 11) is 0. The SMILES string of the molecule is CC1(C)c2ccccc2-c2cc3c(cc21)-c1c(cc(-c2ccc4c(c2)C(C)(C)c2cc5c(cc2-4)C(C)(C)c2cc(-c4cc6c(c7ccccc47)-c4cc7c(cc4C6(C)C)-c4ccccc4C7(C)C)c4ccccc4c2-5)c2ccccc12)C3(C)C. The molecule has 0 aromatic heterocycles. The van der Waals surface area contributed by atoms with Crippen molar-refractivity contribution in [3.8, 4) is 89.0 Å². The largest absolute Gasteiger partial charge is 0.0619 e. The Kier molecular flexibility index (Phi) is 8.96. The summed E-state index contributed by atoms with van der Waals surface area (Å²) < 4.78 is 0. The molecule has 12 aromatic carbocycles. The molecule has 0 radical (unpaired) electrons. The van der Waals surface area contributed by atoms with Gasteiger partial charge in [-0.15, -0.1) is 0 Å². The predicted molar refractivity (Wildman–Crippen MR) is 355 cm³/mol. The summed E-state index contributed by atoms with van der Waals surface area (Å²) in [5.74, 6) is 0. The minimum Gasteiger partial charge on any atom is -0.0619 e. The van der Waals surface area contributed by atoms with Crippen LogP contribution in [0.1, 0.15) is 150 Å². The van der Waals surface area contributed by atoms with E-state index in [-0.39, 0.29) is 32.5 Å². The highest BCUT2D eigenvalue weighted by molar-refractivity contribution is 6.17. The second-order valence-corrected chi connectivity index (χ2v) is 29.1. The molecule has 0 aliphatic heterocycles. The lowest BCUT2D eigenvalue weighted by Gasteiger charge is -2.26. The smallest absolute Gasteiger partial charge is 0.0159 e. The molecule has 0 N–H and O–H groups in total. The van der Waals surface area contributed by atoms with Crippen LogP contribution < -0.4 is 0 Å². The van der Waals surface area contributed by atoms with Gasteiger partial charge in [0.15, 0.2) is 0 Å². The Balaban J connectivity index is 0.763. The van der Waals surface area contributed by atoms with Gasteiger partial charge in [-0.05, 0) is 249 Å². The van der Waals surface area contributed by atoms with Crippen molar-refractivity contribution in [3.63, 3.8) is 0 Å². The van der Waals surface area contributed by atoms with Gasteiger partial charge in [0.05, 0.1) is 0 Å². The first-order valence-electron chi connectivity index (χ1n) is 30.8. The lowest BCUT2D eigenvalue weighted by atomic mass is 9.77. The first kappa shape index (κ1) is 48.9. The molecule has 6 aliphatic carbocycles. The van der Waals surface area contributed by atoms with Crippen molar-refractivity contribution in [1.82, 2.24) is 0 Å². The molecule has 0 heterocycles. The van der Waals surface area contributed by atoms with Crippen LogP contribution in [0.4, 0.5) is 0 Å². The van der Waals surface area contributed by atoms with Crippen molar-refractivity contribution in [3.05, 3.63) is 261 Å². The summed E-state index contributed by atoms with van der Waals surface area (Å²) in [6.45, 7) is 29.4. The van der Waals surface area contributed by atoms with Crippen LogP contribution in [-0.4, -0.2) is 0 Å². The van der Waals surface area contributed by atoms with Crippen molar-refractivity contribution in [1.29, 1.82) is 0 Å². The molecule has 0 saturated heterocycles. The Hall–Kier alpha value is -8.58. The summed E-state index contributed by atoms with van der Waals surface area (Å²) >= 11 is 0. The second kappa shape index (κ2) is 15.4. The molecule has 0 amide bonds. The van der Waals surface area contributed by atoms with Gasteiger partial charge in [-0.2, -0.15) is 0 Å². The highest BCUT2D eigenvalue weighted by Crippen LogP contribution is 2.63. The van der Waals surface area contributed by atoms with Crippen molar-refractivity contribution in [2.24, 2.45) is 0 Å². The zero-order valence-electron chi connectivity index (χ0n) is 50.5. The molecular formula is C84H68. The molecule has 6 aliphatic rings. The van der Waals surface area contributed by atoms with Crippen LogP contribution in [0.2, 0.25) is 0 Å². The van der Waals surface area contributed by atoms with Gasteiger partial charge < -0.3 is 0 Å². The van der Waals surface area contributed by atoms with E-state index in [1.807, 2.05) is 0 Å². The fourth-order valence-electron chi connectivity index (χ4n) is 18.2. The summed E-state index contributed by atoms with van der Waals surface area (Å²) in [5.41, 5.74) is 38.1. The minimum atomic E-state index is -0.246. The van der Waals surface area contributed by atoms with E-state index in [2.05, 4.69) is 277 Å². The highest BCUT2D eigenvalue weighted by atomic mass is 14.5. The topological polar surface area (TPSA) is 0 Å². The van der Waals surface area contributed by atoms with Gasteiger partial charge in [-0.3, -0.25) is 0 Å². The maximum absolute atomic E-state index is 2.62. The second-order valence-electron chi connectivity index (χ2n) is 29.1. The summed E-state index contributed by atoms with van der Waals surface area (Å²) in [6, 6.07) is 76.7. The Morgan fingerprint density at radius 2 is 0.417 bits per heavy atom. The van der Waals surface area contributed by atoms with E-state index in [1.165, 1.54) is 188 Å². The third-order valence-corrected chi connectivity index (χ3v) is 22.8. The van der Waals surface area contributed by atoms with Crippen LogP contribution in [-0.2, 0) is 32.5 Å². The van der Waals surface area contributed by atoms with Gasteiger partial charge in [-0.1, -0.05) is 217 Å². The molecule has 0 heteroatoms. The first-order valence-corrected chi connectivity index (χ1v) is 30.8. The maximum atomic E-state index is 2.62. The average Bonchev–Trinajstić information content (AvgIpc) is 1.69. The summed E-state index contributed by atoms with van der Waals surface area (Å²) in [4.78, 5) is 0. The van der Waals surface area contributed by atoms with Crippen LogP contribution in [0.3, 0.4) is 0 Å². The van der Waals surface area contributed by atoms with Gasteiger partial charge in [0.25, 0.3) is 0 Å². The Labute approximate surface area is 494 Å². The molecule has 0 nitrogen and oxygen atoms in total. The van der Waals surface area contributed by atoms with Gasteiger partial charge in [0, 0.05) is 32.5 Å². The third kappa shape index (κ3) is 5.72. The van der Waals surface area contributed by atoms with E-state index in [0.717, 1.165) is 0 Å². The molecular weight excluding hydrogens is 1010 g/mol. The van der Waals surface area contributed by atoms with Crippen molar-refractivity contribution in [2.75, 3.05) is 0 Å². The third-order valence-electron chi connectivity index (χ3n) is 22.8. The number of hydrogen-bond donors (Lipinski definition) is 0. The standard InChI is InChI=1S/C84H68/c1-79(2)64-31-21-19-26-49(64)58-39-70-61(42-67(58)79)76-52-28-16-13-23-46(52)55(36-73(76)82(70,7)8)45-33-34-51-60-41-72-63(44-69(60)81(5,6)66(51)35-45)78-54-30-18-15-25-48(54)57(38-75(78)84(72,11)12)56-37-74-77(53-29-17-14-24-47(53)56)62-43-68-59(40-71(62)83(74,9)10)50-27-20-22-32-65(50)80(68,3)4/h13-44H,1-12H3. The predicted octanol–water partition coefficient (Wildman–Crippen LogP) is 22.3. The zero-order valence-corrected chi connectivity index (χ0v) is 50.5. The zero-order chi connectivity index (χ0) is 57.3. The molecule has 0 bridgehead atoms. The van der Waals surface area contributed by atoms with Gasteiger partial charge in [-0.25, -0.2) is 0 Å². The molecule has 404 valence electrons. The lowest BCUT2D eigenvalue weighted by Crippen LogP contribution is -2.17. The number of hydrogen-bond acceptors (Lipinski definition) is 0. The van der Waals surface area contributed by atoms with Gasteiger partial charge >= 0.3 is 0 Å². The molecule has 0 unspecified atom stereocenters. The molecule has 0 atom stereocenters. The molecule has 0 spiro atoms. The van der Waals surface area contributed by atoms with Crippen LogP contribution in [0, 0.1) is 0 Å². The monoisotopic (exact) mass is 1080 g/mol. The molecule has 0 saturated carbocycles. The quantitative estimate of drug-likeness (QED) is 0.162. The average molecular weight is 1080 g/mol. The Morgan fingerprint density at radius 3 is 0.810 bits per heavy atom. The minimum absolute atomic E-state index is 0.0615. The van der Waals surface area contributed by atoms with Gasteiger partial charge in [0.2, 0.25) is 0 Å². The van der Waals surface area contributed by atoms with Crippen LogP contribution in [0.15, 0.2) is 194 Å². The van der Waals surface area contributed by atoms with Gasteiger partial charge in [0.1, 0.15) is 0 Å². The fraction of sp³-hybridized carbons (Fsp3) is 0.214.